The second-order valence-corrected chi connectivity index (χ2v) is 18.0. The van der Waals surface area contributed by atoms with E-state index < -0.39 is 0 Å². The Labute approximate surface area is 411 Å². The van der Waals surface area contributed by atoms with Crippen molar-refractivity contribution in [1.82, 2.24) is 39.9 Å². The van der Waals surface area contributed by atoms with E-state index in [4.69, 9.17) is 29.9 Å². The molecule has 0 spiro atoms. The molecule has 12 heteroatoms. The number of nitrogens with one attached hydrogen (secondary N) is 2. The standard InChI is InChI=1S/C60H42N8O4/c69-29-33-9-1-13-37(25-33)41-17-5-21-45-49(41)57-61-53(45)66-58-51-43(39-15-3-11-35(27-39)31-71)19-7-23-47(51)55(63-58)68-60-52-44(40-16-4-12-36(28-40)32-72)20-8-24-48(52)56(64-60)67-59-50-42(38-14-2-10-34(26-38)30-70)18-6-22-46(50)54(62-59)65-57/h1-28,69-72H,29-32H2,(H2,61,62,63,64,65,66,67,68). The van der Waals surface area contributed by atoms with Crippen molar-refractivity contribution in [3.8, 4) is 90.1 Å². The molecule has 11 aromatic rings. The van der Waals surface area contributed by atoms with Crippen LogP contribution in [0.1, 0.15) is 22.3 Å². The number of aromatic amines is 2. The summed E-state index contributed by atoms with van der Waals surface area (Å²) in [6.45, 7) is -0.461. The molecule has 5 heterocycles. The predicted molar refractivity (Wildman–Crippen MR) is 281 cm³/mol. The minimum absolute atomic E-state index is 0.115. The van der Waals surface area contributed by atoms with E-state index in [1.165, 1.54) is 0 Å². The van der Waals surface area contributed by atoms with E-state index >= 15 is 0 Å². The lowest BCUT2D eigenvalue weighted by Crippen LogP contribution is -1.90. The molecule has 0 saturated heterocycles. The molecule has 0 fully saturated rings. The molecule has 8 aromatic carbocycles. The second-order valence-electron chi connectivity index (χ2n) is 18.0. The number of hydrogen-bond acceptors (Lipinski definition) is 10. The van der Waals surface area contributed by atoms with Crippen LogP contribution < -0.4 is 0 Å². The van der Waals surface area contributed by atoms with Crippen molar-refractivity contribution < 1.29 is 20.4 Å². The van der Waals surface area contributed by atoms with Crippen LogP contribution in [-0.2, 0) is 26.4 Å². The average Bonchev–Trinajstić information content (AvgIpc) is 4.19. The molecule has 0 unspecified atom stereocenters. The van der Waals surface area contributed by atoms with Crippen molar-refractivity contribution in [2.75, 3.05) is 0 Å². The van der Waals surface area contributed by atoms with Crippen LogP contribution >= 0.6 is 0 Å². The fraction of sp³-hybridized carbons (Fsp3) is 0.0667. The average molecular weight is 939 g/mol. The third-order valence-electron chi connectivity index (χ3n) is 13.6. The maximum atomic E-state index is 10.2. The first-order chi connectivity index (χ1) is 35.5. The summed E-state index contributed by atoms with van der Waals surface area (Å²) < 4.78 is 0. The van der Waals surface area contributed by atoms with Crippen molar-refractivity contribution in [2.24, 2.45) is 0 Å². The molecule has 0 atom stereocenters. The smallest absolute Gasteiger partial charge is 0.165 e. The lowest BCUT2D eigenvalue weighted by Gasteiger charge is -2.09. The molecule has 3 aromatic heterocycles. The number of nitrogens with zero attached hydrogens (tertiary/aromatic N) is 6. The SMILES string of the molecule is OCc1cccc(-c2cccc3c2-c2nc-3nc3[nH]c(nc4nc(nc5[nH]c(n2)c2cccc(-c6cccc(CO)c6)c52)-c2cccc(-c5cccc(CO)c5)c2-4)c2cccc(-c4cccc(CO)c4)c32)c1. The molecule has 6 N–H and O–H groups in total. The summed E-state index contributed by atoms with van der Waals surface area (Å²) >= 11 is 0. The molecule has 12 nitrogen and oxygen atoms in total. The highest BCUT2D eigenvalue weighted by molar-refractivity contribution is 6.14. The van der Waals surface area contributed by atoms with Crippen LogP contribution in [0.25, 0.3) is 134 Å². The number of rotatable bonds is 8. The number of H-pyrrole nitrogens is 2. The number of aliphatic hydroxyl groups excluding tert-OH is 4. The Bertz CT molecular complexity index is 3930. The molecule has 0 amide bonds. The van der Waals surface area contributed by atoms with Crippen LogP contribution in [0.5, 0.6) is 0 Å². The summed E-state index contributed by atoms with van der Waals surface area (Å²) in [5, 5.41) is 44.1. The third kappa shape index (κ3) is 7.16. The predicted octanol–water partition coefficient (Wildman–Crippen LogP) is 11.5. The van der Waals surface area contributed by atoms with Crippen molar-refractivity contribution >= 4 is 44.1 Å². The van der Waals surface area contributed by atoms with E-state index in [1.807, 2.05) is 170 Å². The molecule has 2 aliphatic heterocycles. The largest absolute Gasteiger partial charge is 0.392 e. The molecule has 72 heavy (non-hydrogen) atoms. The normalized spacial score (nSPS) is 11.8. The van der Waals surface area contributed by atoms with Gasteiger partial charge in [0, 0.05) is 43.8 Å². The van der Waals surface area contributed by atoms with Crippen LogP contribution in [0.15, 0.2) is 170 Å². The molecular formula is C60H42N8O4. The van der Waals surface area contributed by atoms with Gasteiger partial charge in [0.05, 0.1) is 26.4 Å². The number of aliphatic hydroxyl groups is 4. The fourth-order valence-corrected chi connectivity index (χ4v) is 10.3. The van der Waals surface area contributed by atoms with Gasteiger partial charge in [0.1, 0.15) is 22.6 Å². The summed E-state index contributed by atoms with van der Waals surface area (Å²) in [4.78, 5) is 39.6. The van der Waals surface area contributed by atoms with E-state index in [-0.39, 0.29) is 26.4 Å². The van der Waals surface area contributed by atoms with Gasteiger partial charge in [-0.3, -0.25) is 0 Å². The molecule has 0 aliphatic carbocycles. The molecule has 346 valence electrons. The Balaban J connectivity index is 1.21. The van der Waals surface area contributed by atoms with Crippen LogP contribution in [0.4, 0.5) is 0 Å². The van der Waals surface area contributed by atoms with Gasteiger partial charge in [-0.2, -0.15) is 0 Å². The van der Waals surface area contributed by atoms with Gasteiger partial charge in [-0.25, -0.2) is 29.9 Å². The van der Waals surface area contributed by atoms with Crippen molar-refractivity contribution in [3.63, 3.8) is 0 Å². The summed E-state index contributed by atoms with van der Waals surface area (Å²) in [7, 11) is 0. The topological polar surface area (TPSA) is 190 Å². The van der Waals surface area contributed by atoms with Gasteiger partial charge >= 0.3 is 0 Å². The fourth-order valence-electron chi connectivity index (χ4n) is 10.3. The summed E-state index contributed by atoms with van der Waals surface area (Å²) in [5.41, 5.74) is 15.2. The van der Waals surface area contributed by atoms with Crippen molar-refractivity contribution in [3.05, 3.63) is 192 Å². The molecule has 13 rings (SSSR count). The van der Waals surface area contributed by atoms with E-state index in [0.717, 1.165) is 111 Å². The summed E-state index contributed by atoms with van der Waals surface area (Å²) in [6, 6.07) is 55.5. The quantitative estimate of drug-likeness (QED) is 0.0855. The third-order valence-corrected chi connectivity index (χ3v) is 13.6. The molecular weight excluding hydrogens is 897 g/mol. The number of fused-ring (bicyclic) bond motifs is 20. The van der Waals surface area contributed by atoms with Gasteiger partial charge < -0.3 is 30.4 Å². The molecule has 0 saturated carbocycles. The minimum atomic E-state index is -0.116. The first-order valence-electron chi connectivity index (χ1n) is 23.6. The number of hydrogen-bond donors (Lipinski definition) is 6. The monoisotopic (exact) mass is 938 g/mol. The Morgan fingerprint density at radius 1 is 0.292 bits per heavy atom. The van der Waals surface area contributed by atoms with E-state index in [2.05, 4.69) is 9.97 Å². The zero-order valence-corrected chi connectivity index (χ0v) is 38.5. The maximum absolute atomic E-state index is 10.2. The van der Waals surface area contributed by atoms with Gasteiger partial charge in [-0.05, 0) is 91.0 Å². The van der Waals surface area contributed by atoms with Crippen LogP contribution in [0, 0.1) is 0 Å². The zero-order valence-electron chi connectivity index (χ0n) is 38.5. The second kappa shape index (κ2) is 17.4. The lowest BCUT2D eigenvalue weighted by molar-refractivity contribution is 0.281. The van der Waals surface area contributed by atoms with Crippen molar-refractivity contribution in [2.45, 2.75) is 26.4 Å². The van der Waals surface area contributed by atoms with E-state index in [0.29, 0.717) is 45.9 Å². The van der Waals surface area contributed by atoms with Crippen LogP contribution in [0.3, 0.4) is 0 Å². The first kappa shape index (κ1) is 43.0. The first-order valence-corrected chi connectivity index (χ1v) is 23.6. The zero-order chi connectivity index (χ0) is 48.5. The molecule has 8 bridgehead atoms. The van der Waals surface area contributed by atoms with Gasteiger partial charge in [-0.15, -0.1) is 0 Å². The van der Waals surface area contributed by atoms with E-state index in [9.17, 15) is 20.4 Å². The summed E-state index contributed by atoms with van der Waals surface area (Å²) in [5.74, 6) is 1.71. The Morgan fingerprint density at radius 2 is 0.597 bits per heavy atom. The number of aromatic nitrogens is 8. The molecule has 0 radical (unpaired) electrons. The van der Waals surface area contributed by atoms with Gasteiger partial charge in [0.25, 0.3) is 0 Å². The van der Waals surface area contributed by atoms with Gasteiger partial charge in [0.15, 0.2) is 23.3 Å². The van der Waals surface area contributed by atoms with E-state index in [1.54, 1.807) is 0 Å². The highest BCUT2D eigenvalue weighted by atomic mass is 16.3. The number of benzene rings is 8. The minimum Gasteiger partial charge on any atom is -0.392 e. The highest BCUT2D eigenvalue weighted by Crippen LogP contribution is 2.45. The Kier molecular flexibility index (Phi) is 10.4. The lowest BCUT2D eigenvalue weighted by atomic mass is 9.95. The van der Waals surface area contributed by atoms with Crippen LogP contribution in [-0.4, -0.2) is 60.3 Å². The van der Waals surface area contributed by atoms with Crippen LogP contribution in [0.2, 0.25) is 0 Å². The van der Waals surface area contributed by atoms with Gasteiger partial charge in [0.2, 0.25) is 0 Å². The molecule has 2 aliphatic rings. The maximum Gasteiger partial charge on any atom is 0.165 e. The summed E-state index contributed by atoms with van der Waals surface area (Å²) in [6.07, 6.45) is 0. The Hall–Kier alpha value is -9.04. The van der Waals surface area contributed by atoms with Crippen molar-refractivity contribution in [1.29, 1.82) is 0 Å². The highest BCUT2D eigenvalue weighted by Gasteiger charge is 2.27. The Morgan fingerprint density at radius 3 is 0.972 bits per heavy atom. The van der Waals surface area contributed by atoms with Gasteiger partial charge in [-0.1, -0.05) is 146 Å².